The highest BCUT2D eigenvalue weighted by Crippen LogP contribution is 2.13. The highest BCUT2D eigenvalue weighted by Gasteiger charge is 2.14. The number of thiol groups is 1. The minimum atomic E-state index is -0.552. The molecule has 0 heterocycles. The number of amides is 1. The molecule has 0 bridgehead atoms. The number of ether oxygens (including phenoxy) is 1. The lowest BCUT2D eigenvalue weighted by molar-refractivity contribution is 0.0868. The number of carbonyl (C=O) groups is 1. The van der Waals surface area contributed by atoms with Gasteiger partial charge in [0.15, 0.2) is 0 Å². The first-order valence-electron chi connectivity index (χ1n) is 5.41. The predicted octanol–water partition coefficient (Wildman–Crippen LogP) is 2.27. The lowest BCUT2D eigenvalue weighted by Crippen LogP contribution is -2.36. The van der Waals surface area contributed by atoms with Crippen molar-refractivity contribution in [3.63, 3.8) is 0 Å². The van der Waals surface area contributed by atoms with Crippen LogP contribution in [0.1, 0.15) is 24.2 Å². The zero-order valence-corrected chi connectivity index (χ0v) is 10.8. The molecule has 1 atom stereocenters. The number of benzene rings is 1. The molecule has 1 N–H and O–H groups in total. The van der Waals surface area contributed by atoms with E-state index in [1.807, 2.05) is 6.92 Å². The van der Waals surface area contributed by atoms with Crippen molar-refractivity contribution in [2.45, 2.75) is 24.8 Å². The summed E-state index contributed by atoms with van der Waals surface area (Å²) in [6.07, 6.45) is 0. The largest absolute Gasteiger partial charge is 0.380 e. The standard InChI is InChI=1S/C12H16FNO2S/c1-3-16-7-8(2)14-12(15)10-6-9(17)4-5-11(10)13/h4-6,8,17H,3,7H2,1-2H3,(H,14,15). The Morgan fingerprint density at radius 1 is 1.59 bits per heavy atom. The van der Waals surface area contributed by atoms with Gasteiger partial charge < -0.3 is 10.1 Å². The minimum Gasteiger partial charge on any atom is -0.380 e. The van der Waals surface area contributed by atoms with Crippen LogP contribution in [-0.2, 0) is 4.74 Å². The summed E-state index contributed by atoms with van der Waals surface area (Å²) < 4.78 is 18.6. The Bertz CT molecular complexity index is 398. The molecule has 1 unspecified atom stereocenters. The van der Waals surface area contributed by atoms with E-state index < -0.39 is 11.7 Å². The van der Waals surface area contributed by atoms with Gasteiger partial charge in [0, 0.05) is 17.5 Å². The molecule has 1 aromatic carbocycles. The third-order valence-electron chi connectivity index (χ3n) is 2.14. The summed E-state index contributed by atoms with van der Waals surface area (Å²) in [6.45, 7) is 4.67. The fraction of sp³-hybridized carbons (Fsp3) is 0.417. The van der Waals surface area contributed by atoms with Gasteiger partial charge >= 0.3 is 0 Å². The van der Waals surface area contributed by atoms with Crippen LogP contribution in [0.3, 0.4) is 0 Å². The zero-order chi connectivity index (χ0) is 12.8. The third kappa shape index (κ3) is 4.36. The summed E-state index contributed by atoms with van der Waals surface area (Å²) in [5.41, 5.74) is 0.000786. The van der Waals surface area contributed by atoms with E-state index in [9.17, 15) is 9.18 Å². The van der Waals surface area contributed by atoms with Gasteiger partial charge in [-0.15, -0.1) is 12.6 Å². The predicted molar refractivity (Wildman–Crippen MR) is 67.1 cm³/mol. The SMILES string of the molecule is CCOCC(C)NC(=O)c1cc(S)ccc1F. The van der Waals surface area contributed by atoms with E-state index in [1.165, 1.54) is 18.2 Å². The van der Waals surface area contributed by atoms with Crippen LogP contribution < -0.4 is 5.32 Å². The number of nitrogens with one attached hydrogen (secondary N) is 1. The van der Waals surface area contributed by atoms with Crippen molar-refractivity contribution in [2.24, 2.45) is 0 Å². The lowest BCUT2D eigenvalue weighted by atomic mass is 10.2. The van der Waals surface area contributed by atoms with E-state index in [0.717, 1.165) is 0 Å². The molecule has 0 spiro atoms. The molecule has 1 amide bonds. The van der Waals surface area contributed by atoms with E-state index in [0.29, 0.717) is 18.1 Å². The molecule has 1 rings (SSSR count). The van der Waals surface area contributed by atoms with E-state index in [4.69, 9.17) is 4.74 Å². The average Bonchev–Trinajstić information content (AvgIpc) is 2.29. The van der Waals surface area contributed by atoms with Gasteiger partial charge in [-0.25, -0.2) is 4.39 Å². The van der Waals surface area contributed by atoms with Crippen LogP contribution in [0.4, 0.5) is 4.39 Å². The van der Waals surface area contributed by atoms with Crippen molar-refractivity contribution in [3.8, 4) is 0 Å². The Morgan fingerprint density at radius 2 is 2.29 bits per heavy atom. The number of rotatable bonds is 5. The number of carbonyl (C=O) groups excluding carboxylic acids is 1. The molecule has 0 radical (unpaired) electrons. The van der Waals surface area contributed by atoms with Crippen molar-refractivity contribution < 1.29 is 13.9 Å². The van der Waals surface area contributed by atoms with Gasteiger partial charge in [-0.1, -0.05) is 0 Å². The van der Waals surface area contributed by atoms with Crippen molar-refractivity contribution in [1.82, 2.24) is 5.32 Å². The fourth-order valence-corrected chi connectivity index (χ4v) is 1.53. The van der Waals surface area contributed by atoms with Crippen LogP contribution in [0.5, 0.6) is 0 Å². The van der Waals surface area contributed by atoms with Crippen molar-refractivity contribution in [1.29, 1.82) is 0 Å². The highest BCUT2D eigenvalue weighted by molar-refractivity contribution is 7.80. The normalized spacial score (nSPS) is 12.2. The molecular weight excluding hydrogens is 241 g/mol. The third-order valence-corrected chi connectivity index (χ3v) is 2.42. The molecule has 0 aromatic heterocycles. The Balaban J connectivity index is 2.66. The first-order valence-corrected chi connectivity index (χ1v) is 5.86. The second kappa shape index (κ2) is 6.61. The molecule has 0 aliphatic heterocycles. The number of halogens is 1. The second-order valence-electron chi connectivity index (χ2n) is 3.70. The van der Waals surface area contributed by atoms with Crippen molar-refractivity contribution in [3.05, 3.63) is 29.6 Å². The van der Waals surface area contributed by atoms with Gasteiger partial charge in [0.2, 0.25) is 0 Å². The molecule has 0 aliphatic rings. The smallest absolute Gasteiger partial charge is 0.254 e. The maximum absolute atomic E-state index is 13.4. The summed E-state index contributed by atoms with van der Waals surface area (Å²) in [5.74, 6) is -1.01. The maximum Gasteiger partial charge on any atom is 0.254 e. The number of hydrogen-bond acceptors (Lipinski definition) is 3. The van der Waals surface area contributed by atoms with Crippen LogP contribution in [-0.4, -0.2) is 25.2 Å². The monoisotopic (exact) mass is 257 g/mol. The van der Waals surface area contributed by atoms with Crippen molar-refractivity contribution >= 4 is 18.5 Å². The first kappa shape index (κ1) is 14.0. The van der Waals surface area contributed by atoms with E-state index >= 15 is 0 Å². The van der Waals surface area contributed by atoms with Crippen LogP contribution >= 0.6 is 12.6 Å². The lowest BCUT2D eigenvalue weighted by Gasteiger charge is -2.14. The molecule has 0 saturated carbocycles. The summed E-state index contributed by atoms with van der Waals surface area (Å²) in [7, 11) is 0. The van der Waals surface area contributed by atoms with Gasteiger partial charge in [0.1, 0.15) is 5.82 Å². The van der Waals surface area contributed by atoms with Crippen molar-refractivity contribution in [2.75, 3.05) is 13.2 Å². The van der Waals surface area contributed by atoms with E-state index in [-0.39, 0.29) is 11.6 Å². The van der Waals surface area contributed by atoms with Crippen LogP contribution in [0.25, 0.3) is 0 Å². The Morgan fingerprint density at radius 3 is 2.94 bits per heavy atom. The molecule has 5 heteroatoms. The minimum absolute atomic E-state index is 0.000786. The van der Waals surface area contributed by atoms with Gasteiger partial charge in [-0.2, -0.15) is 0 Å². The second-order valence-corrected chi connectivity index (χ2v) is 4.21. The molecule has 17 heavy (non-hydrogen) atoms. The number of hydrogen-bond donors (Lipinski definition) is 2. The van der Waals surface area contributed by atoms with Gasteiger partial charge in [0.25, 0.3) is 5.91 Å². The Kier molecular flexibility index (Phi) is 5.44. The van der Waals surface area contributed by atoms with Gasteiger partial charge in [-0.3, -0.25) is 4.79 Å². The Labute approximate surface area is 106 Å². The molecule has 0 fully saturated rings. The quantitative estimate of drug-likeness (QED) is 0.794. The molecule has 0 saturated heterocycles. The average molecular weight is 257 g/mol. The molecule has 1 aromatic rings. The first-order chi connectivity index (χ1) is 8.04. The topological polar surface area (TPSA) is 38.3 Å². The summed E-state index contributed by atoms with van der Waals surface area (Å²) in [4.78, 5) is 12.3. The zero-order valence-electron chi connectivity index (χ0n) is 9.87. The molecular formula is C12H16FNO2S. The highest BCUT2D eigenvalue weighted by atomic mass is 32.1. The molecule has 94 valence electrons. The molecule has 3 nitrogen and oxygen atoms in total. The van der Waals surface area contributed by atoms with E-state index in [1.54, 1.807) is 6.92 Å². The van der Waals surface area contributed by atoms with E-state index in [2.05, 4.69) is 17.9 Å². The Hall–Kier alpha value is -1.07. The summed E-state index contributed by atoms with van der Waals surface area (Å²) >= 11 is 4.07. The van der Waals surface area contributed by atoms with Crippen LogP contribution in [0.15, 0.2) is 23.1 Å². The summed E-state index contributed by atoms with van der Waals surface area (Å²) in [6, 6.07) is 3.97. The summed E-state index contributed by atoms with van der Waals surface area (Å²) in [5, 5.41) is 2.66. The van der Waals surface area contributed by atoms with Crippen LogP contribution in [0.2, 0.25) is 0 Å². The van der Waals surface area contributed by atoms with Gasteiger partial charge in [-0.05, 0) is 32.0 Å². The van der Waals surface area contributed by atoms with Crippen LogP contribution in [0, 0.1) is 5.82 Å². The maximum atomic E-state index is 13.4. The molecule has 0 aliphatic carbocycles. The van der Waals surface area contributed by atoms with Gasteiger partial charge in [0.05, 0.1) is 12.2 Å². The fourth-order valence-electron chi connectivity index (χ4n) is 1.33.